The van der Waals surface area contributed by atoms with Crippen molar-refractivity contribution in [3.05, 3.63) is 59.2 Å². The number of hydrogen-bond donors (Lipinski definition) is 1. The fraction of sp³-hybridized carbons (Fsp3) is 0.235. The zero-order chi connectivity index (χ0) is 15.2. The van der Waals surface area contributed by atoms with Crippen LogP contribution in [0.2, 0.25) is 0 Å². The van der Waals surface area contributed by atoms with Gasteiger partial charge in [0.15, 0.2) is 0 Å². The molecular formula is C17H18N2O2. The number of ether oxygens (including phenoxy) is 2. The number of nitrogens with two attached hydrogens (primary N) is 1. The highest BCUT2D eigenvalue weighted by molar-refractivity contribution is 5.42. The fourth-order valence-electron chi connectivity index (χ4n) is 1.98. The summed E-state index contributed by atoms with van der Waals surface area (Å²) in [6.45, 7) is 2.33. The Labute approximate surface area is 124 Å². The topological polar surface area (TPSA) is 68.3 Å². The highest BCUT2D eigenvalue weighted by Gasteiger charge is 2.10. The number of methoxy groups -OCH3 is 1. The third-order valence-electron chi connectivity index (χ3n) is 3.19. The molecule has 0 saturated heterocycles. The van der Waals surface area contributed by atoms with Gasteiger partial charge in [0, 0.05) is 17.7 Å². The first-order valence-corrected chi connectivity index (χ1v) is 6.69. The molecule has 4 nitrogen and oxygen atoms in total. The molecule has 0 aliphatic rings. The lowest BCUT2D eigenvalue weighted by Gasteiger charge is -2.15. The van der Waals surface area contributed by atoms with Gasteiger partial charge in [-0.05, 0) is 30.7 Å². The van der Waals surface area contributed by atoms with Crippen LogP contribution in [0.3, 0.4) is 0 Å². The van der Waals surface area contributed by atoms with Crippen molar-refractivity contribution in [2.45, 2.75) is 19.6 Å². The lowest BCUT2D eigenvalue weighted by Crippen LogP contribution is -2.08. The molecule has 0 heterocycles. The van der Waals surface area contributed by atoms with Gasteiger partial charge in [-0.2, -0.15) is 5.26 Å². The van der Waals surface area contributed by atoms with Crippen molar-refractivity contribution < 1.29 is 9.47 Å². The Balaban J connectivity index is 2.16. The zero-order valence-electron chi connectivity index (χ0n) is 12.2. The van der Waals surface area contributed by atoms with Crippen molar-refractivity contribution in [3.63, 3.8) is 0 Å². The summed E-state index contributed by atoms with van der Waals surface area (Å²) >= 11 is 0. The molecule has 0 aromatic heterocycles. The summed E-state index contributed by atoms with van der Waals surface area (Å²) in [4.78, 5) is 0. The van der Waals surface area contributed by atoms with Crippen LogP contribution in [0.4, 0.5) is 0 Å². The maximum absolute atomic E-state index is 8.78. The SMILES string of the molecule is COc1ccc([C@H](C)N)c(OCc2ccc(C#N)cc2)c1. The van der Waals surface area contributed by atoms with E-state index < -0.39 is 0 Å². The lowest BCUT2D eigenvalue weighted by molar-refractivity contribution is 0.299. The predicted octanol–water partition coefficient (Wildman–Crippen LogP) is 3.17. The van der Waals surface area contributed by atoms with E-state index in [1.54, 1.807) is 19.2 Å². The molecule has 0 unspecified atom stereocenters. The van der Waals surface area contributed by atoms with E-state index in [0.29, 0.717) is 17.9 Å². The van der Waals surface area contributed by atoms with Gasteiger partial charge in [0.2, 0.25) is 0 Å². The standard InChI is InChI=1S/C17H18N2O2/c1-12(19)16-8-7-15(20-2)9-17(16)21-11-14-5-3-13(10-18)4-6-14/h3-9,12H,11,19H2,1-2H3/t12-/m0/s1. The molecule has 4 heteroatoms. The van der Waals surface area contributed by atoms with Crippen LogP contribution in [-0.2, 0) is 6.61 Å². The molecule has 2 rings (SSSR count). The van der Waals surface area contributed by atoms with Gasteiger partial charge in [-0.15, -0.1) is 0 Å². The molecule has 0 aliphatic heterocycles. The van der Waals surface area contributed by atoms with E-state index in [0.717, 1.165) is 16.9 Å². The largest absolute Gasteiger partial charge is 0.497 e. The first-order valence-electron chi connectivity index (χ1n) is 6.69. The van der Waals surface area contributed by atoms with Gasteiger partial charge in [-0.25, -0.2) is 0 Å². The molecule has 2 aromatic carbocycles. The van der Waals surface area contributed by atoms with Gasteiger partial charge in [0.25, 0.3) is 0 Å². The molecule has 2 N–H and O–H groups in total. The first kappa shape index (κ1) is 14.9. The Kier molecular flexibility index (Phi) is 4.81. The van der Waals surface area contributed by atoms with Crippen LogP contribution in [-0.4, -0.2) is 7.11 Å². The van der Waals surface area contributed by atoms with Crippen LogP contribution in [0.25, 0.3) is 0 Å². The number of rotatable bonds is 5. The third-order valence-corrected chi connectivity index (χ3v) is 3.19. The minimum atomic E-state index is -0.119. The quantitative estimate of drug-likeness (QED) is 0.914. The third kappa shape index (κ3) is 3.74. The summed E-state index contributed by atoms with van der Waals surface area (Å²) in [5, 5.41) is 8.78. The molecule has 0 saturated carbocycles. The Morgan fingerprint density at radius 1 is 1.19 bits per heavy atom. The fourth-order valence-corrected chi connectivity index (χ4v) is 1.98. The van der Waals surface area contributed by atoms with Gasteiger partial charge in [-0.1, -0.05) is 18.2 Å². The van der Waals surface area contributed by atoms with Gasteiger partial charge >= 0.3 is 0 Å². The number of benzene rings is 2. The zero-order valence-corrected chi connectivity index (χ0v) is 12.2. The second-order valence-corrected chi connectivity index (χ2v) is 4.79. The molecular weight excluding hydrogens is 264 g/mol. The monoisotopic (exact) mass is 282 g/mol. The minimum Gasteiger partial charge on any atom is -0.497 e. The second kappa shape index (κ2) is 6.78. The lowest BCUT2D eigenvalue weighted by atomic mass is 10.1. The summed E-state index contributed by atoms with van der Waals surface area (Å²) < 4.78 is 11.1. The molecule has 0 radical (unpaired) electrons. The molecule has 0 aliphatic carbocycles. The normalized spacial score (nSPS) is 11.5. The smallest absolute Gasteiger partial charge is 0.128 e. The second-order valence-electron chi connectivity index (χ2n) is 4.79. The van der Waals surface area contributed by atoms with Crippen molar-refractivity contribution in [3.8, 4) is 17.6 Å². The van der Waals surface area contributed by atoms with Crippen molar-refractivity contribution >= 4 is 0 Å². The summed E-state index contributed by atoms with van der Waals surface area (Å²) in [5.41, 5.74) is 8.52. The summed E-state index contributed by atoms with van der Waals surface area (Å²) in [6.07, 6.45) is 0. The Bertz CT molecular complexity index is 643. The molecule has 2 aromatic rings. The highest BCUT2D eigenvalue weighted by Crippen LogP contribution is 2.29. The van der Waals surface area contributed by atoms with Crippen LogP contribution in [0.1, 0.15) is 29.7 Å². The number of nitrogens with zero attached hydrogens (tertiary/aromatic N) is 1. The number of nitriles is 1. The van der Waals surface area contributed by atoms with Crippen molar-refractivity contribution in [2.75, 3.05) is 7.11 Å². The highest BCUT2D eigenvalue weighted by atomic mass is 16.5. The van der Waals surface area contributed by atoms with E-state index in [1.165, 1.54) is 0 Å². The maximum Gasteiger partial charge on any atom is 0.128 e. The van der Waals surface area contributed by atoms with E-state index in [4.69, 9.17) is 20.5 Å². The van der Waals surface area contributed by atoms with E-state index in [9.17, 15) is 0 Å². The van der Waals surface area contributed by atoms with E-state index >= 15 is 0 Å². The van der Waals surface area contributed by atoms with E-state index in [1.807, 2.05) is 37.3 Å². The van der Waals surface area contributed by atoms with Crippen LogP contribution in [0.15, 0.2) is 42.5 Å². The molecule has 0 amide bonds. The molecule has 21 heavy (non-hydrogen) atoms. The van der Waals surface area contributed by atoms with E-state index in [-0.39, 0.29) is 6.04 Å². The predicted molar refractivity (Wildman–Crippen MR) is 81.1 cm³/mol. The summed E-state index contributed by atoms with van der Waals surface area (Å²) in [7, 11) is 1.62. The Hall–Kier alpha value is -2.51. The summed E-state index contributed by atoms with van der Waals surface area (Å²) in [6, 6.07) is 14.9. The van der Waals surface area contributed by atoms with Gasteiger partial charge < -0.3 is 15.2 Å². The van der Waals surface area contributed by atoms with E-state index in [2.05, 4.69) is 6.07 Å². The molecule has 1 atom stereocenters. The maximum atomic E-state index is 8.78. The van der Waals surface area contributed by atoms with Crippen LogP contribution >= 0.6 is 0 Å². The Morgan fingerprint density at radius 2 is 1.90 bits per heavy atom. The molecule has 0 fully saturated rings. The average Bonchev–Trinajstić information content (AvgIpc) is 2.52. The molecule has 0 bridgehead atoms. The summed E-state index contributed by atoms with van der Waals surface area (Å²) in [5.74, 6) is 1.45. The van der Waals surface area contributed by atoms with Crippen LogP contribution in [0, 0.1) is 11.3 Å². The molecule has 0 spiro atoms. The van der Waals surface area contributed by atoms with Crippen LogP contribution in [0.5, 0.6) is 11.5 Å². The number of hydrogen-bond acceptors (Lipinski definition) is 4. The van der Waals surface area contributed by atoms with Gasteiger partial charge in [-0.3, -0.25) is 0 Å². The average molecular weight is 282 g/mol. The van der Waals surface area contributed by atoms with Crippen LogP contribution < -0.4 is 15.2 Å². The van der Waals surface area contributed by atoms with Crippen molar-refractivity contribution in [1.82, 2.24) is 0 Å². The molecule has 108 valence electrons. The first-order chi connectivity index (χ1) is 10.1. The van der Waals surface area contributed by atoms with Crippen molar-refractivity contribution in [1.29, 1.82) is 5.26 Å². The van der Waals surface area contributed by atoms with Gasteiger partial charge in [0.1, 0.15) is 18.1 Å². The van der Waals surface area contributed by atoms with Crippen molar-refractivity contribution in [2.24, 2.45) is 5.73 Å². The van der Waals surface area contributed by atoms with Gasteiger partial charge in [0.05, 0.1) is 18.7 Å². The minimum absolute atomic E-state index is 0.119. The Morgan fingerprint density at radius 3 is 2.48 bits per heavy atom.